The summed E-state index contributed by atoms with van der Waals surface area (Å²) in [4.78, 5) is 14.9. The predicted octanol–water partition coefficient (Wildman–Crippen LogP) is 6.84. The average molecular weight is 532 g/mol. The van der Waals surface area contributed by atoms with Crippen molar-refractivity contribution in [3.63, 3.8) is 0 Å². The van der Waals surface area contributed by atoms with Crippen LogP contribution in [0.15, 0.2) is 60.8 Å². The molecule has 2 heterocycles. The molecule has 4 aromatic rings. The summed E-state index contributed by atoms with van der Waals surface area (Å²) in [5.41, 5.74) is 1.70. The van der Waals surface area contributed by atoms with Crippen molar-refractivity contribution in [1.29, 1.82) is 5.26 Å². The molecule has 1 aliphatic carbocycles. The van der Waals surface area contributed by atoms with Gasteiger partial charge in [0.15, 0.2) is 5.69 Å². The Balaban J connectivity index is 1.83. The summed E-state index contributed by atoms with van der Waals surface area (Å²) < 4.78 is 56.5. The Morgan fingerprint density at radius 1 is 1.10 bits per heavy atom. The Bertz CT molecular complexity index is 1670. The first-order valence-electron chi connectivity index (χ1n) is 12.0. The number of hydrogen-bond donors (Lipinski definition) is 2. The lowest BCUT2D eigenvalue weighted by atomic mass is 9.73. The highest BCUT2D eigenvalue weighted by molar-refractivity contribution is 6.01. The quantitative estimate of drug-likeness (QED) is 0.209. The lowest BCUT2D eigenvalue weighted by Crippen LogP contribution is -2.20. The summed E-state index contributed by atoms with van der Waals surface area (Å²) in [6.45, 7) is 0. The van der Waals surface area contributed by atoms with E-state index in [4.69, 9.17) is 5.11 Å². The summed E-state index contributed by atoms with van der Waals surface area (Å²) in [7, 11) is 0. The molecule has 0 bridgehead atoms. The van der Waals surface area contributed by atoms with Crippen LogP contribution in [-0.2, 0) is 11.0 Å². The Kier molecular flexibility index (Phi) is 6.74. The molecule has 2 aromatic heterocycles. The number of carboxylic acids is 1. The molecule has 6 nitrogen and oxygen atoms in total. The van der Waals surface area contributed by atoms with Gasteiger partial charge in [-0.15, -0.1) is 0 Å². The van der Waals surface area contributed by atoms with Crippen LogP contribution in [-0.4, -0.2) is 26.3 Å². The summed E-state index contributed by atoms with van der Waals surface area (Å²) in [5, 5.41) is 25.7. The van der Waals surface area contributed by atoms with E-state index in [2.05, 4.69) is 15.2 Å². The van der Waals surface area contributed by atoms with Crippen LogP contribution in [0.5, 0.6) is 0 Å². The first-order chi connectivity index (χ1) is 18.7. The number of fused-ring (bicyclic) bond motifs is 1. The van der Waals surface area contributed by atoms with Crippen molar-refractivity contribution >= 4 is 34.1 Å². The summed E-state index contributed by atoms with van der Waals surface area (Å²) in [6, 6.07) is 14.3. The number of rotatable bonds is 6. The summed E-state index contributed by atoms with van der Waals surface area (Å²) in [6.07, 6.45) is 0.411. The lowest BCUT2D eigenvalue weighted by molar-refractivity contribution is -0.138. The zero-order valence-corrected chi connectivity index (χ0v) is 20.3. The molecule has 0 atom stereocenters. The number of aromatic amines is 1. The van der Waals surface area contributed by atoms with Crippen molar-refractivity contribution in [1.82, 2.24) is 15.2 Å². The number of carbonyl (C=O) groups is 1. The van der Waals surface area contributed by atoms with E-state index in [1.54, 1.807) is 42.5 Å². The third kappa shape index (κ3) is 5.16. The maximum absolute atomic E-state index is 14.2. The van der Waals surface area contributed by atoms with Crippen LogP contribution in [0.3, 0.4) is 0 Å². The molecule has 0 spiro atoms. The standard InChI is InChI=1S/C29H20F4N4O2/c30-20-13-22(29(31,32)33)28(35-15-20)27(17-2-1-3-17)26(18-7-4-16(5-8-18)6-11-25(38)39)19-9-10-23-21(12-19)24(14-34)37-36-23/h4-13,15,17H,1-3H2,(H,36,37)(H,38,39)/b11-6+,27-26+. The topological polar surface area (TPSA) is 103 Å². The van der Waals surface area contributed by atoms with Crippen molar-refractivity contribution in [3.8, 4) is 6.07 Å². The van der Waals surface area contributed by atoms with Crippen LogP contribution in [0, 0.1) is 23.1 Å². The first-order valence-corrected chi connectivity index (χ1v) is 12.0. The molecule has 1 aliphatic rings. The van der Waals surface area contributed by atoms with Gasteiger partial charge in [0.25, 0.3) is 0 Å². The molecule has 2 aromatic carbocycles. The smallest absolute Gasteiger partial charge is 0.418 e. The Morgan fingerprint density at radius 2 is 1.82 bits per heavy atom. The zero-order valence-electron chi connectivity index (χ0n) is 20.3. The van der Waals surface area contributed by atoms with E-state index in [0.29, 0.717) is 57.6 Å². The highest BCUT2D eigenvalue weighted by Gasteiger charge is 2.39. The Hall–Kier alpha value is -4.78. The zero-order chi connectivity index (χ0) is 27.7. The maximum Gasteiger partial charge on any atom is 0.418 e. The number of carboxylic acid groups (broad SMARTS) is 1. The highest BCUT2D eigenvalue weighted by atomic mass is 19.4. The molecule has 0 amide bonds. The second-order valence-corrected chi connectivity index (χ2v) is 9.20. The first kappa shape index (κ1) is 25.9. The summed E-state index contributed by atoms with van der Waals surface area (Å²) >= 11 is 0. The molecular weight excluding hydrogens is 512 g/mol. The van der Waals surface area contributed by atoms with Gasteiger partial charge >= 0.3 is 12.1 Å². The number of nitrogens with one attached hydrogen (secondary N) is 1. The van der Waals surface area contributed by atoms with Gasteiger partial charge in [-0.1, -0.05) is 36.8 Å². The van der Waals surface area contributed by atoms with Crippen LogP contribution in [0.2, 0.25) is 0 Å². The molecule has 196 valence electrons. The van der Waals surface area contributed by atoms with Crippen LogP contribution >= 0.6 is 0 Å². The molecule has 39 heavy (non-hydrogen) atoms. The molecule has 0 radical (unpaired) electrons. The van der Waals surface area contributed by atoms with Crippen LogP contribution in [0.25, 0.3) is 28.1 Å². The van der Waals surface area contributed by atoms with E-state index in [9.17, 15) is 27.6 Å². The second kappa shape index (κ2) is 10.2. The number of halogens is 4. The fourth-order valence-corrected chi connectivity index (χ4v) is 4.74. The van der Waals surface area contributed by atoms with Gasteiger partial charge in [-0.05, 0) is 70.9 Å². The third-order valence-electron chi connectivity index (χ3n) is 6.77. The number of allylic oxidation sites excluding steroid dienone is 1. The maximum atomic E-state index is 14.2. The number of H-pyrrole nitrogens is 1. The number of pyridine rings is 1. The number of hydrogen-bond acceptors (Lipinski definition) is 4. The minimum absolute atomic E-state index is 0.140. The molecular formula is C29H20F4N4O2. The van der Waals surface area contributed by atoms with Crippen LogP contribution < -0.4 is 0 Å². The van der Waals surface area contributed by atoms with Crippen LogP contribution in [0.4, 0.5) is 17.6 Å². The van der Waals surface area contributed by atoms with Gasteiger partial charge in [-0.3, -0.25) is 10.1 Å². The van der Waals surface area contributed by atoms with Gasteiger partial charge in [0.2, 0.25) is 0 Å². The van der Waals surface area contributed by atoms with Crippen molar-refractivity contribution in [2.45, 2.75) is 25.4 Å². The molecule has 1 saturated carbocycles. The fourth-order valence-electron chi connectivity index (χ4n) is 4.74. The number of alkyl halides is 3. The number of nitrogens with zero attached hydrogens (tertiary/aromatic N) is 3. The number of benzene rings is 2. The van der Waals surface area contributed by atoms with E-state index in [1.165, 1.54) is 6.08 Å². The molecule has 0 unspecified atom stereocenters. The predicted molar refractivity (Wildman–Crippen MR) is 136 cm³/mol. The number of aliphatic carboxylic acids is 1. The van der Waals surface area contributed by atoms with Crippen molar-refractivity contribution in [3.05, 3.63) is 100 Å². The van der Waals surface area contributed by atoms with Gasteiger partial charge < -0.3 is 5.11 Å². The molecule has 5 rings (SSSR count). The third-order valence-corrected chi connectivity index (χ3v) is 6.77. The van der Waals surface area contributed by atoms with Gasteiger partial charge in [-0.25, -0.2) is 9.18 Å². The minimum Gasteiger partial charge on any atom is -0.478 e. The normalized spacial score (nSPS) is 14.7. The van der Waals surface area contributed by atoms with E-state index in [0.717, 1.165) is 18.7 Å². The Labute approximate surface area is 219 Å². The lowest BCUT2D eigenvalue weighted by Gasteiger charge is -2.32. The summed E-state index contributed by atoms with van der Waals surface area (Å²) in [5.74, 6) is -2.47. The van der Waals surface area contributed by atoms with Crippen molar-refractivity contribution < 1.29 is 27.5 Å². The molecule has 1 fully saturated rings. The van der Waals surface area contributed by atoms with E-state index >= 15 is 0 Å². The molecule has 2 N–H and O–H groups in total. The van der Waals surface area contributed by atoms with Crippen LogP contribution in [0.1, 0.15) is 52.9 Å². The molecule has 10 heteroatoms. The highest BCUT2D eigenvalue weighted by Crippen LogP contribution is 2.47. The second-order valence-electron chi connectivity index (χ2n) is 9.20. The van der Waals surface area contributed by atoms with Gasteiger partial charge in [0.1, 0.15) is 11.9 Å². The molecule has 0 saturated heterocycles. The van der Waals surface area contributed by atoms with Crippen molar-refractivity contribution in [2.24, 2.45) is 5.92 Å². The minimum atomic E-state index is -4.85. The Morgan fingerprint density at radius 3 is 2.44 bits per heavy atom. The number of nitriles is 1. The molecule has 0 aliphatic heterocycles. The van der Waals surface area contributed by atoms with E-state index in [-0.39, 0.29) is 17.3 Å². The fraction of sp³-hybridized carbons (Fsp3) is 0.172. The monoisotopic (exact) mass is 532 g/mol. The average Bonchev–Trinajstić information content (AvgIpc) is 3.29. The SMILES string of the molecule is N#Cc1n[nH]c2ccc(/C(=C(/c3ncc(F)cc3C(F)(F)F)C3CCC3)c3ccc(/C=C/C(=O)O)cc3)cc12. The van der Waals surface area contributed by atoms with E-state index < -0.39 is 23.5 Å². The number of aromatic nitrogens is 3. The van der Waals surface area contributed by atoms with Gasteiger partial charge in [-0.2, -0.15) is 23.5 Å². The largest absolute Gasteiger partial charge is 0.478 e. The van der Waals surface area contributed by atoms with Gasteiger partial charge in [0, 0.05) is 11.5 Å². The van der Waals surface area contributed by atoms with Crippen molar-refractivity contribution in [2.75, 3.05) is 0 Å². The van der Waals surface area contributed by atoms with Gasteiger partial charge in [0.05, 0.1) is 23.0 Å². The van der Waals surface area contributed by atoms with E-state index in [1.807, 2.05) is 6.07 Å².